The van der Waals surface area contributed by atoms with Gasteiger partial charge in [0.25, 0.3) is 0 Å². The van der Waals surface area contributed by atoms with Crippen LogP contribution in [0.2, 0.25) is 0 Å². The Bertz CT molecular complexity index is 1110. The monoisotopic (exact) mass is 375 g/mol. The summed E-state index contributed by atoms with van der Waals surface area (Å²) >= 11 is 0. The molecule has 0 amide bonds. The first-order chi connectivity index (χ1) is 12.8. The number of pyridine rings is 1. The minimum Gasteiger partial charge on any atom is -0.510 e. The van der Waals surface area contributed by atoms with Crippen molar-refractivity contribution in [3.8, 4) is 0 Å². The number of rotatable bonds is 6. The van der Waals surface area contributed by atoms with Crippen molar-refractivity contribution in [2.24, 2.45) is 0 Å². The third-order valence-electron chi connectivity index (χ3n) is 4.04. The number of hydrogen-bond donors (Lipinski definition) is 2. The number of carboxylic acids is 1. The second kappa shape index (κ2) is 7.48. The minimum absolute atomic E-state index is 0.149. The molecule has 9 heteroatoms. The summed E-state index contributed by atoms with van der Waals surface area (Å²) in [5.41, 5.74) is 0.689. The molecule has 0 saturated heterocycles. The number of aliphatic hydroxyl groups is 1. The van der Waals surface area contributed by atoms with E-state index < -0.39 is 28.8 Å². The third kappa shape index (κ3) is 4.08. The first-order valence-electron chi connectivity index (χ1n) is 8.09. The summed E-state index contributed by atoms with van der Waals surface area (Å²) in [5.74, 6) is -2.87. The molecule has 27 heavy (non-hydrogen) atoms. The molecule has 3 rings (SSSR count). The van der Waals surface area contributed by atoms with Crippen molar-refractivity contribution in [1.29, 1.82) is 0 Å². The van der Waals surface area contributed by atoms with Gasteiger partial charge in [-0.1, -0.05) is 0 Å². The standard InChI is InChI=1S/C18H15F2N3O4/c19-12-5-10(6-13(20)8-12)1-2-11-7-15(25)17(14(24)3-4-16(26)27)23-18(11)21-9-22-23/h5-9,24H,1-4H2,(H,26,27). The molecule has 3 aromatic rings. The number of aromatic nitrogens is 3. The van der Waals surface area contributed by atoms with Gasteiger partial charge in [0.15, 0.2) is 11.0 Å². The van der Waals surface area contributed by atoms with Crippen LogP contribution in [0.15, 0.2) is 35.4 Å². The highest BCUT2D eigenvalue weighted by Crippen LogP contribution is 2.13. The summed E-state index contributed by atoms with van der Waals surface area (Å²) in [6.45, 7) is 0. The summed E-state index contributed by atoms with van der Waals surface area (Å²) < 4.78 is 27.8. The SMILES string of the molecule is O=C(O)CCC(O)=c1c(=O)cc(CCc2cc(F)cc(F)c2)c2ncnn12. The normalized spacial score (nSPS) is 12.4. The van der Waals surface area contributed by atoms with Crippen LogP contribution in [0.3, 0.4) is 0 Å². The molecule has 7 nitrogen and oxygen atoms in total. The quantitative estimate of drug-likeness (QED) is 0.675. The van der Waals surface area contributed by atoms with Crippen LogP contribution in [0, 0.1) is 11.6 Å². The Kier molecular flexibility index (Phi) is 5.11. The summed E-state index contributed by atoms with van der Waals surface area (Å²) in [7, 11) is 0. The Morgan fingerprint density at radius 2 is 1.74 bits per heavy atom. The predicted molar refractivity (Wildman–Crippen MR) is 91.1 cm³/mol. The second-order valence-electron chi connectivity index (χ2n) is 6.00. The summed E-state index contributed by atoms with van der Waals surface area (Å²) in [5, 5.41) is 22.6. The van der Waals surface area contributed by atoms with Crippen LogP contribution in [0.4, 0.5) is 8.78 Å². The number of aliphatic hydroxyl groups excluding tert-OH is 1. The van der Waals surface area contributed by atoms with Crippen molar-refractivity contribution in [3.05, 3.63) is 68.9 Å². The molecule has 2 aromatic heterocycles. The zero-order valence-corrected chi connectivity index (χ0v) is 14.0. The van der Waals surface area contributed by atoms with Crippen LogP contribution in [0.1, 0.15) is 24.0 Å². The van der Waals surface area contributed by atoms with Crippen molar-refractivity contribution in [2.45, 2.75) is 25.7 Å². The molecule has 2 heterocycles. The number of carbonyl (C=O) groups is 1. The number of fused-ring (bicyclic) bond motifs is 1. The van der Waals surface area contributed by atoms with E-state index in [1.165, 1.54) is 24.5 Å². The van der Waals surface area contributed by atoms with Crippen molar-refractivity contribution < 1.29 is 23.8 Å². The van der Waals surface area contributed by atoms with E-state index in [-0.39, 0.29) is 31.0 Å². The van der Waals surface area contributed by atoms with E-state index in [1.807, 2.05) is 0 Å². The molecule has 0 aliphatic carbocycles. The van der Waals surface area contributed by atoms with Gasteiger partial charge in [-0.3, -0.25) is 9.59 Å². The van der Waals surface area contributed by atoms with Crippen LogP contribution < -0.4 is 10.8 Å². The molecule has 2 N–H and O–H groups in total. The summed E-state index contributed by atoms with van der Waals surface area (Å²) in [6.07, 6.45) is 1.19. The van der Waals surface area contributed by atoms with Crippen LogP contribution in [0.25, 0.3) is 11.4 Å². The van der Waals surface area contributed by atoms with E-state index in [0.29, 0.717) is 16.8 Å². The Labute approximate surface area is 151 Å². The smallest absolute Gasteiger partial charge is 0.303 e. The number of carboxylic acid groups (broad SMARTS) is 1. The fraction of sp³-hybridized carbons (Fsp3) is 0.222. The Balaban J connectivity index is 1.98. The second-order valence-corrected chi connectivity index (χ2v) is 6.00. The molecule has 0 bridgehead atoms. The van der Waals surface area contributed by atoms with Gasteiger partial charge >= 0.3 is 5.97 Å². The molecule has 0 radical (unpaired) electrons. The number of nitrogens with zero attached hydrogens (tertiary/aromatic N) is 3. The van der Waals surface area contributed by atoms with E-state index in [9.17, 15) is 23.5 Å². The molecule has 0 spiro atoms. The number of halogens is 2. The highest BCUT2D eigenvalue weighted by molar-refractivity contribution is 5.68. The van der Waals surface area contributed by atoms with E-state index in [2.05, 4.69) is 10.1 Å². The molecule has 0 aliphatic rings. The van der Waals surface area contributed by atoms with E-state index in [0.717, 1.165) is 10.6 Å². The van der Waals surface area contributed by atoms with Crippen molar-refractivity contribution in [1.82, 2.24) is 14.6 Å². The molecular formula is C18H15F2N3O4. The lowest BCUT2D eigenvalue weighted by Gasteiger charge is -2.06. The number of aryl methyl sites for hydroxylation is 2. The molecule has 0 saturated carbocycles. The van der Waals surface area contributed by atoms with E-state index >= 15 is 0 Å². The maximum Gasteiger partial charge on any atom is 0.303 e. The van der Waals surface area contributed by atoms with Gasteiger partial charge in [0.1, 0.15) is 23.7 Å². The molecule has 0 unspecified atom stereocenters. The number of benzene rings is 1. The maximum absolute atomic E-state index is 13.3. The highest BCUT2D eigenvalue weighted by atomic mass is 19.1. The Hall–Kier alpha value is -3.36. The summed E-state index contributed by atoms with van der Waals surface area (Å²) in [4.78, 5) is 27.2. The fourth-order valence-corrected chi connectivity index (χ4v) is 2.85. The van der Waals surface area contributed by atoms with Crippen LogP contribution in [-0.2, 0) is 17.6 Å². The zero-order valence-electron chi connectivity index (χ0n) is 14.0. The van der Waals surface area contributed by atoms with Gasteiger partial charge in [-0.2, -0.15) is 5.10 Å². The van der Waals surface area contributed by atoms with Gasteiger partial charge in [0.2, 0.25) is 5.43 Å². The minimum atomic E-state index is -1.11. The van der Waals surface area contributed by atoms with Crippen LogP contribution >= 0.6 is 0 Å². The van der Waals surface area contributed by atoms with E-state index in [1.54, 1.807) is 0 Å². The molecule has 1 aromatic carbocycles. The lowest BCUT2D eigenvalue weighted by molar-refractivity contribution is -0.136. The van der Waals surface area contributed by atoms with Gasteiger partial charge in [-0.15, -0.1) is 0 Å². The van der Waals surface area contributed by atoms with Gasteiger partial charge < -0.3 is 10.2 Å². The Morgan fingerprint density at radius 1 is 1.04 bits per heavy atom. The maximum atomic E-state index is 13.3. The van der Waals surface area contributed by atoms with Gasteiger partial charge in [0, 0.05) is 18.1 Å². The largest absolute Gasteiger partial charge is 0.510 e. The van der Waals surface area contributed by atoms with Gasteiger partial charge in [-0.25, -0.2) is 18.3 Å². The Morgan fingerprint density at radius 3 is 2.41 bits per heavy atom. The van der Waals surface area contributed by atoms with Gasteiger partial charge in [-0.05, 0) is 36.6 Å². The number of hydrogen-bond acceptors (Lipinski definition) is 5. The lowest BCUT2D eigenvalue weighted by atomic mass is 10.0. The average molecular weight is 375 g/mol. The zero-order chi connectivity index (χ0) is 19.6. The topological polar surface area (TPSA) is 105 Å². The molecule has 0 aliphatic heterocycles. The lowest BCUT2D eigenvalue weighted by Crippen LogP contribution is -2.35. The summed E-state index contributed by atoms with van der Waals surface area (Å²) in [6, 6.07) is 4.47. The van der Waals surface area contributed by atoms with Crippen LogP contribution in [-0.4, -0.2) is 30.8 Å². The average Bonchev–Trinajstić information content (AvgIpc) is 3.06. The molecule has 0 fully saturated rings. The molecule has 0 atom stereocenters. The van der Waals surface area contributed by atoms with Crippen LogP contribution in [0.5, 0.6) is 0 Å². The van der Waals surface area contributed by atoms with Crippen molar-refractivity contribution in [3.63, 3.8) is 0 Å². The molecule has 140 valence electrons. The van der Waals surface area contributed by atoms with Crippen molar-refractivity contribution >= 4 is 17.4 Å². The third-order valence-corrected chi connectivity index (χ3v) is 4.04. The first kappa shape index (κ1) is 18.4. The number of aliphatic carboxylic acids is 1. The fourth-order valence-electron chi connectivity index (χ4n) is 2.85. The van der Waals surface area contributed by atoms with E-state index in [4.69, 9.17) is 5.11 Å². The van der Waals surface area contributed by atoms with Gasteiger partial charge in [0.05, 0.1) is 6.42 Å². The highest BCUT2D eigenvalue weighted by Gasteiger charge is 2.13. The first-order valence-corrected chi connectivity index (χ1v) is 8.09. The predicted octanol–water partition coefficient (Wildman–Crippen LogP) is 1.40. The van der Waals surface area contributed by atoms with Crippen molar-refractivity contribution in [2.75, 3.05) is 0 Å². The molecular weight excluding hydrogens is 360 g/mol.